The van der Waals surface area contributed by atoms with Crippen LogP contribution in [0.1, 0.15) is 11.1 Å². The number of carbonyl (C=O) groups is 1. The van der Waals surface area contributed by atoms with Gasteiger partial charge in [-0.3, -0.25) is 10.2 Å². The van der Waals surface area contributed by atoms with E-state index in [1.165, 1.54) is 6.07 Å². The van der Waals surface area contributed by atoms with Crippen molar-refractivity contribution in [2.45, 2.75) is 4.90 Å². The van der Waals surface area contributed by atoms with E-state index in [0.717, 1.165) is 16.8 Å². The first-order valence-electron chi connectivity index (χ1n) is 9.73. The van der Waals surface area contributed by atoms with Crippen LogP contribution in [0, 0.1) is 0 Å². The highest BCUT2D eigenvalue weighted by Gasteiger charge is 2.36. The Kier molecular flexibility index (Phi) is 5.49. The molecule has 164 valence electrons. The molecule has 0 unspecified atom stereocenters. The Morgan fingerprint density at radius 3 is 2.48 bits per heavy atom. The van der Waals surface area contributed by atoms with Crippen molar-refractivity contribution in [2.24, 2.45) is 4.40 Å². The second-order valence-corrected chi connectivity index (χ2v) is 10.2. The van der Waals surface area contributed by atoms with Crippen molar-refractivity contribution in [1.29, 1.82) is 0 Å². The lowest BCUT2D eigenvalue weighted by atomic mass is 10.2. The Hall–Kier alpha value is -3.47. The molecule has 7 nitrogen and oxygen atoms in total. The Morgan fingerprint density at radius 1 is 0.970 bits per heavy atom. The van der Waals surface area contributed by atoms with E-state index in [9.17, 15) is 13.2 Å². The summed E-state index contributed by atoms with van der Waals surface area (Å²) < 4.78 is 34.6. The molecule has 3 aromatic carbocycles. The van der Waals surface area contributed by atoms with Crippen LogP contribution in [0.3, 0.4) is 0 Å². The quantitative estimate of drug-likeness (QED) is 0.427. The zero-order valence-electron chi connectivity index (χ0n) is 16.8. The number of fused-ring (bicyclic) bond motifs is 1. The van der Waals surface area contributed by atoms with Crippen molar-refractivity contribution in [3.8, 4) is 11.5 Å². The van der Waals surface area contributed by atoms with Gasteiger partial charge in [-0.25, -0.2) is 0 Å². The molecule has 1 amide bonds. The molecule has 2 heterocycles. The van der Waals surface area contributed by atoms with Crippen LogP contribution >= 0.6 is 24.0 Å². The molecule has 1 N–H and O–H groups in total. The fraction of sp³-hybridized carbons (Fsp3) is 0. The molecular weight excluding hydrogens is 478 g/mol. The van der Waals surface area contributed by atoms with Crippen molar-refractivity contribution < 1.29 is 17.9 Å². The van der Waals surface area contributed by atoms with Gasteiger partial charge in [-0.15, -0.1) is 4.40 Å². The van der Waals surface area contributed by atoms with Crippen LogP contribution in [0.4, 0.5) is 0 Å². The number of thiocarbonyl (C=S) groups is 1. The van der Waals surface area contributed by atoms with Gasteiger partial charge in [0.2, 0.25) is 0 Å². The number of thioether (sulfide) groups is 1. The summed E-state index contributed by atoms with van der Waals surface area (Å²) in [5, 5.41) is 1.13. The third-order valence-corrected chi connectivity index (χ3v) is 7.46. The number of hydrazine groups is 1. The molecule has 0 radical (unpaired) electrons. The summed E-state index contributed by atoms with van der Waals surface area (Å²) in [4.78, 5) is 13.5. The van der Waals surface area contributed by atoms with E-state index < -0.39 is 15.9 Å². The first kappa shape index (κ1) is 21.4. The summed E-state index contributed by atoms with van der Waals surface area (Å²) in [5.41, 5.74) is 3.87. The highest BCUT2D eigenvalue weighted by Crippen LogP contribution is 2.35. The number of amides is 1. The third kappa shape index (κ3) is 4.15. The van der Waals surface area contributed by atoms with Gasteiger partial charge < -0.3 is 4.74 Å². The molecule has 1 fully saturated rings. The van der Waals surface area contributed by atoms with E-state index in [2.05, 4.69) is 9.82 Å². The molecule has 5 rings (SSSR count). The van der Waals surface area contributed by atoms with Crippen LogP contribution in [0.25, 0.3) is 6.08 Å². The minimum Gasteiger partial charge on any atom is -0.457 e. The normalized spacial score (nSPS) is 17.8. The van der Waals surface area contributed by atoms with E-state index in [4.69, 9.17) is 17.0 Å². The van der Waals surface area contributed by atoms with Gasteiger partial charge in [0.1, 0.15) is 16.4 Å². The minimum absolute atomic E-state index is 0.0518. The molecule has 1 saturated heterocycles. The van der Waals surface area contributed by atoms with Crippen LogP contribution < -0.4 is 10.2 Å². The van der Waals surface area contributed by atoms with Crippen LogP contribution in [0.15, 0.2) is 93.1 Å². The molecular formula is C23H15N3O4S3. The first-order chi connectivity index (χ1) is 15.9. The SMILES string of the molecule is O=C1C(=Cc2ccccc2Oc2ccccc2)SC(=S)N1NC1=NS(=O)(=O)c2ccccc21. The topological polar surface area (TPSA) is 88.1 Å². The van der Waals surface area contributed by atoms with Gasteiger partial charge >= 0.3 is 0 Å². The smallest absolute Gasteiger partial charge is 0.285 e. The highest BCUT2D eigenvalue weighted by atomic mass is 32.2. The summed E-state index contributed by atoms with van der Waals surface area (Å²) >= 11 is 6.47. The van der Waals surface area contributed by atoms with Gasteiger partial charge in [0.05, 0.1) is 4.91 Å². The number of amidine groups is 1. The summed E-state index contributed by atoms with van der Waals surface area (Å²) in [6, 6.07) is 23.1. The second kappa shape index (κ2) is 8.47. The number of rotatable bonds is 4. The average molecular weight is 494 g/mol. The summed E-state index contributed by atoms with van der Waals surface area (Å²) in [7, 11) is -3.82. The molecule has 10 heteroatoms. The molecule has 3 aromatic rings. The predicted octanol–water partition coefficient (Wildman–Crippen LogP) is 4.33. The van der Waals surface area contributed by atoms with E-state index in [-0.39, 0.29) is 15.1 Å². The van der Waals surface area contributed by atoms with Crippen molar-refractivity contribution >= 4 is 56.1 Å². The molecule has 2 aliphatic heterocycles. The predicted molar refractivity (Wildman–Crippen MR) is 131 cm³/mol. The summed E-state index contributed by atoms with van der Waals surface area (Å²) in [6.45, 7) is 0. The second-order valence-electron chi connectivity index (χ2n) is 6.99. The third-order valence-electron chi connectivity index (χ3n) is 4.82. The Balaban J connectivity index is 1.41. The Bertz CT molecular complexity index is 1450. The molecule has 0 spiro atoms. The number of sulfonamides is 1. The van der Waals surface area contributed by atoms with Gasteiger partial charge in [0.25, 0.3) is 15.9 Å². The molecule has 0 aliphatic carbocycles. The van der Waals surface area contributed by atoms with Gasteiger partial charge in [-0.1, -0.05) is 60.3 Å². The van der Waals surface area contributed by atoms with Crippen molar-refractivity contribution in [3.05, 3.63) is 94.9 Å². The van der Waals surface area contributed by atoms with Crippen LogP contribution in [0.5, 0.6) is 11.5 Å². The molecule has 33 heavy (non-hydrogen) atoms. The molecule has 0 saturated carbocycles. The summed E-state index contributed by atoms with van der Waals surface area (Å²) in [5.74, 6) is 0.897. The van der Waals surface area contributed by atoms with Gasteiger partial charge in [0.15, 0.2) is 10.2 Å². The fourth-order valence-electron chi connectivity index (χ4n) is 3.31. The van der Waals surface area contributed by atoms with E-state index >= 15 is 0 Å². The van der Waals surface area contributed by atoms with Crippen LogP contribution in [0.2, 0.25) is 0 Å². The zero-order valence-corrected chi connectivity index (χ0v) is 19.3. The van der Waals surface area contributed by atoms with Gasteiger partial charge in [-0.05, 0) is 48.6 Å². The van der Waals surface area contributed by atoms with Crippen molar-refractivity contribution in [2.75, 3.05) is 0 Å². The Labute approximate surface area is 199 Å². The van der Waals surface area contributed by atoms with Crippen LogP contribution in [-0.2, 0) is 14.8 Å². The Morgan fingerprint density at radius 2 is 1.67 bits per heavy atom. The number of benzene rings is 3. The van der Waals surface area contributed by atoms with Crippen molar-refractivity contribution in [3.63, 3.8) is 0 Å². The minimum atomic E-state index is -3.82. The van der Waals surface area contributed by atoms with Gasteiger partial charge in [0, 0.05) is 11.1 Å². The number of ether oxygens (including phenoxy) is 1. The van der Waals surface area contributed by atoms with E-state index in [0.29, 0.717) is 27.5 Å². The lowest BCUT2D eigenvalue weighted by molar-refractivity contribution is -0.123. The van der Waals surface area contributed by atoms with Crippen LogP contribution in [-0.4, -0.2) is 29.5 Å². The standard InChI is InChI=1S/C23H15N3O4S3/c27-22-19(14-15-8-4-6-12-18(15)30-16-9-2-1-3-10-16)32-23(31)26(22)24-21-17-11-5-7-13-20(17)33(28,29)25-21/h1-14H,(H,24,25). The zero-order chi connectivity index (χ0) is 23.0. The lowest BCUT2D eigenvalue weighted by Crippen LogP contribution is -2.44. The number of nitrogens with one attached hydrogen (secondary N) is 1. The largest absolute Gasteiger partial charge is 0.457 e. The monoisotopic (exact) mass is 493 g/mol. The number of hydrogen-bond donors (Lipinski definition) is 1. The highest BCUT2D eigenvalue weighted by molar-refractivity contribution is 8.26. The van der Waals surface area contributed by atoms with E-state index in [1.807, 2.05) is 54.6 Å². The number of carbonyl (C=O) groups excluding carboxylic acids is 1. The maximum absolute atomic E-state index is 13.1. The van der Waals surface area contributed by atoms with E-state index in [1.54, 1.807) is 24.3 Å². The molecule has 0 aromatic heterocycles. The number of hydrogen-bond acceptors (Lipinski definition) is 7. The van der Waals surface area contributed by atoms with Crippen molar-refractivity contribution in [1.82, 2.24) is 10.4 Å². The summed E-state index contributed by atoms with van der Waals surface area (Å²) in [6.07, 6.45) is 1.69. The first-order valence-corrected chi connectivity index (χ1v) is 12.4. The molecule has 0 atom stereocenters. The maximum Gasteiger partial charge on any atom is 0.285 e. The fourth-order valence-corrected chi connectivity index (χ4v) is 5.65. The molecule has 2 aliphatic rings. The van der Waals surface area contributed by atoms with Gasteiger partial charge in [-0.2, -0.15) is 13.4 Å². The number of para-hydroxylation sites is 2. The molecule has 0 bridgehead atoms. The average Bonchev–Trinajstić information content (AvgIpc) is 3.23. The maximum atomic E-state index is 13.1. The lowest BCUT2D eigenvalue weighted by Gasteiger charge is -2.16. The number of nitrogens with zero attached hydrogens (tertiary/aromatic N) is 2.